The fraction of sp³-hybridized carbons (Fsp3) is 0.500. The highest BCUT2D eigenvalue weighted by Crippen LogP contribution is 2.36. The van der Waals surface area contributed by atoms with Gasteiger partial charge in [-0.25, -0.2) is 0 Å². The van der Waals surface area contributed by atoms with Crippen molar-refractivity contribution in [3.05, 3.63) is 28.5 Å². The van der Waals surface area contributed by atoms with Gasteiger partial charge in [0.1, 0.15) is 5.69 Å². The Morgan fingerprint density at radius 1 is 1.36 bits per heavy atom. The summed E-state index contributed by atoms with van der Waals surface area (Å²) in [6, 6.07) is -0.144. The molecule has 2 rings (SSSR count). The van der Waals surface area contributed by atoms with Crippen molar-refractivity contribution in [1.82, 2.24) is 15.6 Å². The van der Waals surface area contributed by atoms with Crippen LogP contribution in [0.2, 0.25) is 5.02 Å². The van der Waals surface area contributed by atoms with Gasteiger partial charge in [-0.2, -0.15) is 22.0 Å². The Balaban J connectivity index is 2.22. The molecule has 1 saturated heterocycles. The van der Waals surface area contributed by atoms with E-state index in [9.17, 15) is 26.7 Å². The Labute approximate surface area is 127 Å². The molecule has 0 bridgehead atoms. The van der Waals surface area contributed by atoms with Gasteiger partial charge >= 0.3 is 12.1 Å². The van der Waals surface area contributed by atoms with Crippen molar-refractivity contribution >= 4 is 17.5 Å². The molecule has 1 amide bonds. The lowest BCUT2D eigenvalue weighted by molar-refractivity contribution is -0.148. The van der Waals surface area contributed by atoms with E-state index in [0.29, 0.717) is 25.6 Å². The molecule has 2 heterocycles. The second-order valence-corrected chi connectivity index (χ2v) is 5.20. The maximum atomic E-state index is 14.0. The summed E-state index contributed by atoms with van der Waals surface area (Å²) in [7, 11) is 0. The second-order valence-electron chi connectivity index (χ2n) is 4.79. The first-order valence-corrected chi connectivity index (χ1v) is 6.63. The highest BCUT2D eigenvalue weighted by atomic mass is 35.5. The van der Waals surface area contributed by atoms with Crippen LogP contribution in [-0.2, 0) is 16.9 Å². The summed E-state index contributed by atoms with van der Waals surface area (Å²) in [6.45, 7) is 0.922. The molecule has 0 saturated carbocycles. The van der Waals surface area contributed by atoms with Gasteiger partial charge in [-0.3, -0.25) is 9.78 Å². The lowest BCUT2D eigenvalue weighted by Gasteiger charge is -2.20. The first kappa shape index (κ1) is 16.9. The third-order valence-electron chi connectivity index (χ3n) is 3.15. The molecule has 1 unspecified atom stereocenters. The van der Waals surface area contributed by atoms with Crippen molar-refractivity contribution in [2.24, 2.45) is 0 Å². The maximum absolute atomic E-state index is 14.0. The maximum Gasteiger partial charge on any atom is 0.417 e. The number of pyridine rings is 1. The van der Waals surface area contributed by atoms with Crippen LogP contribution in [-0.4, -0.2) is 30.0 Å². The lowest BCUT2D eigenvalue weighted by atomic mass is 10.1. The van der Waals surface area contributed by atoms with Crippen molar-refractivity contribution in [3.63, 3.8) is 0 Å². The molecule has 0 aliphatic carbocycles. The van der Waals surface area contributed by atoms with Gasteiger partial charge in [0.25, 0.3) is 5.91 Å². The van der Waals surface area contributed by atoms with Crippen LogP contribution in [0, 0.1) is 0 Å². The van der Waals surface area contributed by atoms with Gasteiger partial charge in [0, 0.05) is 18.8 Å². The van der Waals surface area contributed by atoms with Crippen molar-refractivity contribution in [2.45, 2.75) is 24.6 Å². The van der Waals surface area contributed by atoms with Crippen LogP contribution in [0.1, 0.15) is 17.7 Å². The molecule has 1 aromatic heterocycles. The van der Waals surface area contributed by atoms with Crippen molar-refractivity contribution in [2.75, 3.05) is 13.1 Å². The zero-order valence-corrected chi connectivity index (χ0v) is 11.7. The van der Waals surface area contributed by atoms with E-state index in [-0.39, 0.29) is 6.20 Å². The van der Waals surface area contributed by atoms with Crippen LogP contribution in [0.3, 0.4) is 0 Å². The number of hydrogen-bond acceptors (Lipinski definition) is 3. The molecular weight excluding hydrogens is 333 g/mol. The van der Waals surface area contributed by atoms with E-state index in [1.165, 1.54) is 0 Å². The monoisotopic (exact) mass is 343 g/mol. The molecule has 1 aliphatic rings. The van der Waals surface area contributed by atoms with Gasteiger partial charge in [0.05, 0.1) is 10.6 Å². The predicted molar refractivity (Wildman–Crippen MR) is 67.6 cm³/mol. The van der Waals surface area contributed by atoms with E-state index in [4.69, 9.17) is 11.6 Å². The first-order valence-electron chi connectivity index (χ1n) is 6.25. The number of hydrogen-bond donors (Lipinski definition) is 2. The number of carbonyl (C=O) groups is 1. The highest BCUT2D eigenvalue weighted by molar-refractivity contribution is 6.31. The number of nitrogens with one attached hydrogen (secondary N) is 2. The summed E-state index contributed by atoms with van der Waals surface area (Å²) in [6.07, 6.45) is -4.06. The van der Waals surface area contributed by atoms with Crippen LogP contribution in [0.5, 0.6) is 0 Å². The number of aromatic nitrogens is 1. The SMILES string of the molecule is O=C(NC1CCNC1)C(F)(F)c1ncc(C(F)(F)F)cc1Cl. The van der Waals surface area contributed by atoms with E-state index >= 15 is 0 Å². The van der Waals surface area contributed by atoms with Crippen LogP contribution < -0.4 is 10.6 Å². The molecule has 0 radical (unpaired) electrons. The third kappa shape index (κ3) is 3.46. The summed E-state index contributed by atoms with van der Waals surface area (Å²) in [4.78, 5) is 14.7. The number of halogens is 6. The molecular formula is C12H11ClF5N3O. The summed E-state index contributed by atoms with van der Waals surface area (Å²) < 4.78 is 65.4. The Morgan fingerprint density at radius 2 is 2.05 bits per heavy atom. The van der Waals surface area contributed by atoms with E-state index in [0.717, 1.165) is 0 Å². The van der Waals surface area contributed by atoms with Gasteiger partial charge in [-0.1, -0.05) is 11.6 Å². The molecule has 1 atom stereocenters. The number of nitrogens with zero attached hydrogens (tertiary/aromatic N) is 1. The third-order valence-corrected chi connectivity index (χ3v) is 3.43. The fourth-order valence-corrected chi connectivity index (χ4v) is 2.27. The van der Waals surface area contributed by atoms with Crippen LogP contribution in [0.25, 0.3) is 0 Å². The van der Waals surface area contributed by atoms with Crippen LogP contribution in [0.4, 0.5) is 22.0 Å². The van der Waals surface area contributed by atoms with Crippen molar-refractivity contribution < 1.29 is 26.7 Å². The minimum atomic E-state index is -4.76. The zero-order chi connectivity index (χ0) is 16.5. The summed E-state index contributed by atoms with van der Waals surface area (Å²) in [5.74, 6) is -5.76. The average molecular weight is 344 g/mol. The van der Waals surface area contributed by atoms with E-state index in [1.54, 1.807) is 0 Å². The first-order chi connectivity index (χ1) is 10.1. The standard InChI is InChI=1S/C12H11ClF5N3O/c13-8-3-6(12(16,17)18)4-20-9(8)11(14,15)10(22)21-7-1-2-19-5-7/h3-4,7,19H,1-2,5H2,(H,21,22). The molecule has 122 valence electrons. The number of rotatable bonds is 3. The van der Waals surface area contributed by atoms with E-state index in [2.05, 4.69) is 15.6 Å². The molecule has 10 heteroatoms. The summed E-state index contributed by atoms with van der Waals surface area (Å²) in [5.41, 5.74) is -2.47. The van der Waals surface area contributed by atoms with Crippen LogP contribution in [0.15, 0.2) is 12.3 Å². The summed E-state index contributed by atoms with van der Waals surface area (Å²) in [5, 5.41) is 4.08. The van der Waals surface area contributed by atoms with Gasteiger partial charge in [-0.05, 0) is 19.0 Å². The minimum Gasteiger partial charge on any atom is -0.346 e. The van der Waals surface area contributed by atoms with E-state index < -0.39 is 40.3 Å². The molecule has 1 fully saturated rings. The van der Waals surface area contributed by atoms with Crippen molar-refractivity contribution in [1.29, 1.82) is 0 Å². The normalized spacial score (nSPS) is 19.3. The Morgan fingerprint density at radius 3 is 2.55 bits per heavy atom. The van der Waals surface area contributed by atoms with Gasteiger partial charge in [0.2, 0.25) is 0 Å². The average Bonchev–Trinajstić information content (AvgIpc) is 2.90. The Hall–Kier alpha value is -1.48. The molecule has 0 aromatic carbocycles. The van der Waals surface area contributed by atoms with Gasteiger partial charge in [-0.15, -0.1) is 0 Å². The fourth-order valence-electron chi connectivity index (χ4n) is 1.99. The molecule has 4 nitrogen and oxygen atoms in total. The molecule has 2 N–H and O–H groups in total. The van der Waals surface area contributed by atoms with Crippen molar-refractivity contribution in [3.8, 4) is 0 Å². The Bertz CT molecular complexity index is 572. The largest absolute Gasteiger partial charge is 0.417 e. The highest BCUT2D eigenvalue weighted by Gasteiger charge is 2.46. The van der Waals surface area contributed by atoms with Gasteiger partial charge in [0.15, 0.2) is 0 Å². The minimum absolute atomic E-state index is 0.222. The number of carbonyl (C=O) groups excluding carboxylic acids is 1. The molecule has 1 aliphatic heterocycles. The molecule has 22 heavy (non-hydrogen) atoms. The van der Waals surface area contributed by atoms with E-state index in [1.807, 2.05) is 0 Å². The Kier molecular flexibility index (Phi) is 4.57. The second kappa shape index (κ2) is 5.96. The smallest absolute Gasteiger partial charge is 0.346 e. The quantitative estimate of drug-likeness (QED) is 0.828. The zero-order valence-electron chi connectivity index (χ0n) is 11.0. The predicted octanol–water partition coefficient (Wildman–Crippen LogP) is 2.32. The molecule has 0 spiro atoms. The lowest BCUT2D eigenvalue weighted by Crippen LogP contribution is -2.45. The summed E-state index contributed by atoms with van der Waals surface area (Å²) >= 11 is 5.45. The number of alkyl halides is 5. The topological polar surface area (TPSA) is 54.0 Å². The van der Waals surface area contributed by atoms with Crippen LogP contribution >= 0.6 is 11.6 Å². The van der Waals surface area contributed by atoms with Gasteiger partial charge < -0.3 is 10.6 Å². The molecule has 1 aromatic rings. The number of amides is 1.